The quantitative estimate of drug-likeness (QED) is 0.237. The topological polar surface area (TPSA) is 38.9 Å². The minimum Gasteiger partial charge on any atom is -0.435 e. The highest BCUT2D eigenvalue weighted by atomic mass is 19.1. The van der Waals surface area contributed by atoms with Gasteiger partial charge in [0.1, 0.15) is 11.3 Å². The predicted molar refractivity (Wildman–Crippen MR) is 148 cm³/mol. The van der Waals surface area contributed by atoms with Gasteiger partial charge in [0, 0.05) is 33.7 Å². The third kappa shape index (κ3) is 3.57. The Kier molecular flexibility index (Phi) is 4.86. The monoisotopic (exact) mass is 480 g/mol. The van der Waals surface area contributed by atoms with Crippen LogP contribution in [0.5, 0.6) is 0 Å². The summed E-state index contributed by atoms with van der Waals surface area (Å²) in [5.74, 6) is 0.367. The number of benzene rings is 5. The van der Waals surface area contributed by atoms with E-state index >= 15 is 0 Å². The van der Waals surface area contributed by atoms with Gasteiger partial charge in [-0.05, 0) is 65.2 Å². The van der Waals surface area contributed by atoms with Gasteiger partial charge in [0.05, 0.1) is 5.69 Å². The molecular formula is C33H21FN2O. The van der Waals surface area contributed by atoms with E-state index in [2.05, 4.69) is 18.2 Å². The van der Waals surface area contributed by atoms with Crippen LogP contribution in [0.15, 0.2) is 114 Å². The number of pyridine rings is 1. The van der Waals surface area contributed by atoms with Crippen LogP contribution in [0.2, 0.25) is 0 Å². The second-order valence-electron chi connectivity index (χ2n) is 9.29. The summed E-state index contributed by atoms with van der Waals surface area (Å²) in [5, 5.41) is 3.43. The molecular weight excluding hydrogens is 459 g/mol. The number of nitrogens with zero attached hydrogens (tertiary/aromatic N) is 2. The smallest absolute Gasteiger partial charge is 0.227 e. The van der Waals surface area contributed by atoms with E-state index in [9.17, 15) is 4.39 Å². The Bertz CT molecular complexity index is 1940. The normalized spacial score (nSPS) is 11.5. The van der Waals surface area contributed by atoms with Gasteiger partial charge in [0.15, 0.2) is 5.58 Å². The molecule has 5 aromatic carbocycles. The number of aryl methyl sites for hydroxylation is 1. The Morgan fingerprint density at radius 1 is 0.649 bits per heavy atom. The fourth-order valence-corrected chi connectivity index (χ4v) is 5.12. The molecule has 0 spiro atoms. The van der Waals surface area contributed by atoms with Crippen LogP contribution in [0, 0.1) is 12.7 Å². The van der Waals surface area contributed by atoms with Crippen LogP contribution in [-0.4, -0.2) is 9.97 Å². The average Bonchev–Trinajstić information content (AvgIpc) is 3.37. The van der Waals surface area contributed by atoms with Crippen LogP contribution in [0.4, 0.5) is 4.39 Å². The number of hydrogen-bond donors (Lipinski definition) is 0. The minimum atomic E-state index is -0.209. The molecule has 2 aromatic heterocycles. The molecule has 0 saturated heterocycles. The van der Waals surface area contributed by atoms with E-state index in [1.807, 2.05) is 85.8 Å². The van der Waals surface area contributed by atoms with E-state index in [4.69, 9.17) is 14.4 Å². The summed E-state index contributed by atoms with van der Waals surface area (Å²) in [6.45, 7) is 1.92. The summed E-state index contributed by atoms with van der Waals surface area (Å²) in [6.07, 6.45) is 1.79. The molecule has 0 aliphatic carbocycles. The van der Waals surface area contributed by atoms with Crippen molar-refractivity contribution in [1.82, 2.24) is 9.97 Å². The molecule has 37 heavy (non-hydrogen) atoms. The van der Waals surface area contributed by atoms with Crippen LogP contribution in [0.1, 0.15) is 5.56 Å². The SMILES string of the molecule is Cc1cc(F)c2ccc3c(-c4cc(-c5ccccc5)c5oc(-c6ccccc6)nc5c4)nccc3c2c1. The molecule has 0 unspecified atom stereocenters. The fraction of sp³-hybridized carbons (Fsp3) is 0.0303. The van der Waals surface area contributed by atoms with Crippen molar-refractivity contribution in [1.29, 1.82) is 0 Å². The fourth-order valence-electron chi connectivity index (χ4n) is 5.12. The van der Waals surface area contributed by atoms with Gasteiger partial charge < -0.3 is 4.42 Å². The molecule has 0 aliphatic rings. The maximum Gasteiger partial charge on any atom is 0.227 e. The maximum absolute atomic E-state index is 14.7. The van der Waals surface area contributed by atoms with Gasteiger partial charge in [0.2, 0.25) is 5.89 Å². The number of aromatic nitrogens is 2. The van der Waals surface area contributed by atoms with Crippen molar-refractivity contribution in [3.05, 3.63) is 121 Å². The second kappa shape index (κ2) is 8.38. The van der Waals surface area contributed by atoms with E-state index in [0.717, 1.165) is 60.8 Å². The second-order valence-corrected chi connectivity index (χ2v) is 9.29. The molecule has 0 N–H and O–H groups in total. The Morgan fingerprint density at radius 3 is 2.16 bits per heavy atom. The van der Waals surface area contributed by atoms with E-state index in [-0.39, 0.29) is 5.82 Å². The van der Waals surface area contributed by atoms with Crippen LogP contribution in [0.3, 0.4) is 0 Å². The van der Waals surface area contributed by atoms with E-state index in [1.54, 1.807) is 12.3 Å². The number of halogens is 1. The summed E-state index contributed by atoms with van der Waals surface area (Å²) in [7, 11) is 0. The summed E-state index contributed by atoms with van der Waals surface area (Å²) in [5.41, 5.74) is 7.04. The Balaban J connectivity index is 1.52. The first kappa shape index (κ1) is 21.5. The Morgan fingerprint density at radius 2 is 1.38 bits per heavy atom. The van der Waals surface area contributed by atoms with Gasteiger partial charge in [0.25, 0.3) is 0 Å². The van der Waals surface area contributed by atoms with Crippen molar-refractivity contribution in [2.45, 2.75) is 6.92 Å². The minimum absolute atomic E-state index is 0.209. The number of fused-ring (bicyclic) bond motifs is 4. The molecule has 0 saturated carbocycles. The van der Waals surface area contributed by atoms with Crippen molar-refractivity contribution in [3.8, 4) is 33.8 Å². The van der Waals surface area contributed by atoms with Gasteiger partial charge in [-0.2, -0.15) is 0 Å². The highest BCUT2D eigenvalue weighted by Crippen LogP contribution is 2.39. The molecule has 7 rings (SSSR count). The number of oxazole rings is 1. The highest BCUT2D eigenvalue weighted by Gasteiger charge is 2.18. The molecule has 0 bridgehead atoms. The van der Waals surface area contributed by atoms with Crippen molar-refractivity contribution < 1.29 is 8.81 Å². The number of rotatable bonds is 3. The number of hydrogen-bond acceptors (Lipinski definition) is 3. The largest absolute Gasteiger partial charge is 0.435 e. The molecule has 176 valence electrons. The van der Waals surface area contributed by atoms with Gasteiger partial charge in [-0.25, -0.2) is 9.37 Å². The van der Waals surface area contributed by atoms with Crippen LogP contribution < -0.4 is 0 Å². The third-order valence-electron chi connectivity index (χ3n) is 6.84. The molecule has 7 aromatic rings. The van der Waals surface area contributed by atoms with E-state index < -0.39 is 0 Å². The van der Waals surface area contributed by atoms with Crippen molar-refractivity contribution >= 4 is 32.6 Å². The molecule has 0 aliphatic heterocycles. The Hall–Kier alpha value is -4.83. The Labute approximate surface area is 212 Å². The maximum atomic E-state index is 14.7. The van der Waals surface area contributed by atoms with Crippen LogP contribution >= 0.6 is 0 Å². The molecule has 0 atom stereocenters. The highest BCUT2D eigenvalue weighted by molar-refractivity contribution is 6.12. The first-order valence-corrected chi connectivity index (χ1v) is 12.2. The van der Waals surface area contributed by atoms with Gasteiger partial charge >= 0.3 is 0 Å². The van der Waals surface area contributed by atoms with Crippen LogP contribution in [0.25, 0.3) is 66.5 Å². The molecule has 3 nitrogen and oxygen atoms in total. The van der Waals surface area contributed by atoms with Gasteiger partial charge in [-0.1, -0.05) is 66.7 Å². The van der Waals surface area contributed by atoms with Crippen molar-refractivity contribution in [2.75, 3.05) is 0 Å². The lowest BCUT2D eigenvalue weighted by molar-refractivity contribution is 0.621. The van der Waals surface area contributed by atoms with Gasteiger partial charge in [-0.15, -0.1) is 0 Å². The van der Waals surface area contributed by atoms with Crippen molar-refractivity contribution in [3.63, 3.8) is 0 Å². The standard InChI is InChI=1S/C33H21FN2O/c1-20-16-28-24-14-15-35-31(26(24)13-12-25(28)29(34)17-20)23-18-27(21-8-4-2-5-9-21)32-30(19-23)36-33(37-32)22-10-6-3-7-11-22/h2-19H,1H3. The molecule has 2 heterocycles. The summed E-state index contributed by atoms with van der Waals surface area (Å²) >= 11 is 0. The van der Waals surface area contributed by atoms with Crippen molar-refractivity contribution in [2.24, 2.45) is 0 Å². The average molecular weight is 481 g/mol. The summed E-state index contributed by atoms with van der Waals surface area (Å²) in [4.78, 5) is 9.65. The molecule has 4 heteroatoms. The van der Waals surface area contributed by atoms with Crippen LogP contribution in [-0.2, 0) is 0 Å². The lowest BCUT2D eigenvalue weighted by atomic mass is 9.95. The summed E-state index contributed by atoms with van der Waals surface area (Å²) < 4.78 is 21.1. The first-order valence-electron chi connectivity index (χ1n) is 12.2. The van der Waals surface area contributed by atoms with E-state index in [0.29, 0.717) is 11.3 Å². The predicted octanol–water partition coefficient (Wildman–Crippen LogP) is 8.98. The third-order valence-corrected chi connectivity index (χ3v) is 6.84. The first-order chi connectivity index (χ1) is 18.2. The molecule has 0 fully saturated rings. The zero-order chi connectivity index (χ0) is 24.9. The van der Waals surface area contributed by atoms with Gasteiger partial charge in [-0.3, -0.25) is 4.98 Å². The molecule has 0 radical (unpaired) electrons. The lowest BCUT2D eigenvalue weighted by Gasteiger charge is -2.11. The zero-order valence-electron chi connectivity index (χ0n) is 20.1. The molecule has 0 amide bonds. The zero-order valence-corrected chi connectivity index (χ0v) is 20.1. The lowest BCUT2D eigenvalue weighted by Crippen LogP contribution is -1.91. The summed E-state index contributed by atoms with van der Waals surface area (Å²) in [6, 6.07) is 33.6. The van der Waals surface area contributed by atoms with E-state index in [1.165, 1.54) is 0 Å².